The van der Waals surface area contributed by atoms with Crippen LogP contribution in [-0.4, -0.2) is 25.8 Å². The average molecular weight is 197 g/mol. The van der Waals surface area contributed by atoms with Crippen molar-refractivity contribution < 1.29 is 4.74 Å². The van der Waals surface area contributed by atoms with E-state index >= 15 is 0 Å². The van der Waals surface area contributed by atoms with Gasteiger partial charge < -0.3 is 10.1 Å². The van der Waals surface area contributed by atoms with E-state index in [9.17, 15) is 0 Å². The summed E-state index contributed by atoms with van der Waals surface area (Å²) in [6.07, 6.45) is 7.20. The van der Waals surface area contributed by atoms with Gasteiger partial charge in [0.25, 0.3) is 0 Å². The molecule has 2 aliphatic rings. The Hall–Kier alpha value is -0.0800. The number of ether oxygens (including phenoxy) is 1. The molecule has 2 atom stereocenters. The van der Waals surface area contributed by atoms with Crippen LogP contribution in [0.2, 0.25) is 0 Å². The molecule has 0 saturated carbocycles. The summed E-state index contributed by atoms with van der Waals surface area (Å²) in [7, 11) is 0. The molecule has 82 valence electrons. The summed E-state index contributed by atoms with van der Waals surface area (Å²) in [5.41, 5.74) is 0. The quantitative estimate of drug-likeness (QED) is 0.732. The SMILES string of the molecule is CC(C1CCNCC1)C1CCCCO1. The summed E-state index contributed by atoms with van der Waals surface area (Å²) < 4.78 is 5.87. The number of piperidine rings is 1. The first kappa shape index (κ1) is 10.4. The molecule has 0 aromatic carbocycles. The molecule has 2 heteroatoms. The summed E-state index contributed by atoms with van der Waals surface area (Å²) in [6, 6.07) is 0. The second-order valence-electron chi connectivity index (χ2n) is 4.85. The van der Waals surface area contributed by atoms with Gasteiger partial charge in [0, 0.05) is 6.61 Å². The summed E-state index contributed by atoms with van der Waals surface area (Å²) >= 11 is 0. The van der Waals surface area contributed by atoms with E-state index in [1.165, 1.54) is 45.2 Å². The van der Waals surface area contributed by atoms with Gasteiger partial charge in [-0.3, -0.25) is 0 Å². The monoisotopic (exact) mass is 197 g/mol. The van der Waals surface area contributed by atoms with Gasteiger partial charge in [0.15, 0.2) is 0 Å². The standard InChI is InChI=1S/C12H23NO/c1-10(11-5-7-13-8-6-11)12-4-2-3-9-14-12/h10-13H,2-9H2,1H3. The van der Waals surface area contributed by atoms with Crippen LogP contribution in [0.1, 0.15) is 39.0 Å². The van der Waals surface area contributed by atoms with Crippen molar-refractivity contribution in [1.82, 2.24) is 5.32 Å². The summed E-state index contributed by atoms with van der Waals surface area (Å²) in [4.78, 5) is 0. The highest BCUT2D eigenvalue weighted by atomic mass is 16.5. The Bertz CT molecular complexity index is 142. The lowest BCUT2D eigenvalue weighted by atomic mass is 9.81. The van der Waals surface area contributed by atoms with Gasteiger partial charge in [-0.1, -0.05) is 6.92 Å². The third kappa shape index (κ3) is 2.48. The molecule has 0 bridgehead atoms. The normalized spacial score (nSPS) is 32.8. The summed E-state index contributed by atoms with van der Waals surface area (Å²) in [5.74, 6) is 1.68. The first-order valence-corrected chi connectivity index (χ1v) is 6.20. The summed E-state index contributed by atoms with van der Waals surface area (Å²) in [5, 5.41) is 3.43. The molecule has 2 aliphatic heterocycles. The fourth-order valence-corrected chi connectivity index (χ4v) is 2.85. The minimum atomic E-state index is 0.562. The lowest BCUT2D eigenvalue weighted by molar-refractivity contribution is -0.0356. The second-order valence-corrected chi connectivity index (χ2v) is 4.85. The Kier molecular flexibility index (Phi) is 3.82. The number of hydrogen-bond acceptors (Lipinski definition) is 2. The van der Waals surface area contributed by atoms with Crippen molar-refractivity contribution >= 4 is 0 Å². The van der Waals surface area contributed by atoms with E-state index in [0.29, 0.717) is 6.10 Å². The van der Waals surface area contributed by atoms with E-state index in [2.05, 4.69) is 12.2 Å². The van der Waals surface area contributed by atoms with Crippen molar-refractivity contribution in [3.05, 3.63) is 0 Å². The van der Waals surface area contributed by atoms with E-state index in [1.807, 2.05) is 0 Å². The molecule has 2 nitrogen and oxygen atoms in total. The van der Waals surface area contributed by atoms with E-state index in [4.69, 9.17) is 4.74 Å². The maximum Gasteiger partial charge on any atom is 0.0603 e. The van der Waals surface area contributed by atoms with E-state index in [1.54, 1.807) is 0 Å². The number of hydrogen-bond donors (Lipinski definition) is 1. The Labute approximate surface area is 87.4 Å². The van der Waals surface area contributed by atoms with Crippen LogP contribution in [-0.2, 0) is 4.74 Å². The largest absolute Gasteiger partial charge is 0.378 e. The molecule has 0 aliphatic carbocycles. The van der Waals surface area contributed by atoms with Gasteiger partial charge in [-0.25, -0.2) is 0 Å². The third-order valence-corrected chi connectivity index (χ3v) is 3.93. The van der Waals surface area contributed by atoms with Crippen molar-refractivity contribution in [3.63, 3.8) is 0 Å². The van der Waals surface area contributed by atoms with E-state index < -0.39 is 0 Å². The molecular formula is C12H23NO. The molecule has 2 rings (SSSR count). The Morgan fingerprint density at radius 1 is 1.14 bits per heavy atom. The van der Waals surface area contributed by atoms with Gasteiger partial charge in [0.05, 0.1) is 6.10 Å². The molecule has 2 heterocycles. The van der Waals surface area contributed by atoms with Crippen LogP contribution < -0.4 is 5.32 Å². The highest BCUT2D eigenvalue weighted by Gasteiger charge is 2.28. The summed E-state index contributed by atoms with van der Waals surface area (Å²) in [6.45, 7) is 5.81. The van der Waals surface area contributed by atoms with Gasteiger partial charge in [-0.2, -0.15) is 0 Å². The minimum Gasteiger partial charge on any atom is -0.378 e. The molecule has 0 amide bonds. The maximum absolute atomic E-state index is 5.87. The van der Waals surface area contributed by atoms with E-state index in [-0.39, 0.29) is 0 Å². The fourth-order valence-electron chi connectivity index (χ4n) is 2.85. The third-order valence-electron chi connectivity index (χ3n) is 3.93. The number of rotatable bonds is 2. The second kappa shape index (κ2) is 5.13. The molecule has 0 aromatic heterocycles. The van der Waals surface area contributed by atoms with Crippen LogP contribution in [0.5, 0.6) is 0 Å². The smallest absolute Gasteiger partial charge is 0.0603 e. The Balaban J connectivity index is 1.82. The molecule has 2 unspecified atom stereocenters. The van der Waals surface area contributed by atoms with Gasteiger partial charge in [-0.15, -0.1) is 0 Å². The van der Waals surface area contributed by atoms with Crippen LogP contribution in [0.4, 0.5) is 0 Å². The zero-order valence-electron chi connectivity index (χ0n) is 9.30. The van der Waals surface area contributed by atoms with Gasteiger partial charge in [-0.05, 0) is 57.0 Å². The molecule has 0 radical (unpaired) electrons. The molecule has 0 spiro atoms. The van der Waals surface area contributed by atoms with Crippen LogP contribution in [0.3, 0.4) is 0 Å². The Morgan fingerprint density at radius 3 is 2.57 bits per heavy atom. The fraction of sp³-hybridized carbons (Fsp3) is 1.00. The molecule has 0 aromatic rings. The van der Waals surface area contributed by atoms with Crippen molar-refractivity contribution in [2.75, 3.05) is 19.7 Å². The predicted molar refractivity (Wildman–Crippen MR) is 58.3 cm³/mol. The van der Waals surface area contributed by atoms with Gasteiger partial charge in [0.2, 0.25) is 0 Å². The average Bonchev–Trinajstić information content (AvgIpc) is 2.30. The topological polar surface area (TPSA) is 21.3 Å². The number of nitrogens with one attached hydrogen (secondary N) is 1. The van der Waals surface area contributed by atoms with Crippen LogP contribution in [0.15, 0.2) is 0 Å². The predicted octanol–water partition coefficient (Wildman–Crippen LogP) is 2.19. The molecule has 1 N–H and O–H groups in total. The lowest BCUT2D eigenvalue weighted by Gasteiger charge is -2.35. The Morgan fingerprint density at radius 2 is 1.93 bits per heavy atom. The van der Waals surface area contributed by atoms with Crippen LogP contribution in [0.25, 0.3) is 0 Å². The highest BCUT2D eigenvalue weighted by Crippen LogP contribution is 2.30. The lowest BCUT2D eigenvalue weighted by Crippen LogP contribution is -2.37. The van der Waals surface area contributed by atoms with Gasteiger partial charge >= 0.3 is 0 Å². The first-order chi connectivity index (χ1) is 6.88. The van der Waals surface area contributed by atoms with Crippen LogP contribution >= 0.6 is 0 Å². The van der Waals surface area contributed by atoms with Gasteiger partial charge in [0.1, 0.15) is 0 Å². The molecular weight excluding hydrogens is 174 g/mol. The van der Waals surface area contributed by atoms with E-state index in [0.717, 1.165) is 18.4 Å². The molecule has 2 fully saturated rings. The molecule has 2 saturated heterocycles. The van der Waals surface area contributed by atoms with Crippen molar-refractivity contribution in [3.8, 4) is 0 Å². The van der Waals surface area contributed by atoms with Crippen molar-refractivity contribution in [2.24, 2.45) is 11.8 Å². The highest BCUT2D eigenvalue weighted by molar-refractivity contribution is 4.80. The maximum atomic E-state index is 5.87. The zero-order chi connectivity index (χ0) is 9.80. The van der Waals surface area contributed by atoms with Crippen LogP contribution in [0, 0.1) is 11.8 Å². The van der Waals surface area contributed by atoms with Crippen molar-refractivity contribution in [2.45, 2.75) is 45.1 Å². The minimum absolute atomic E-state index is 0.562. The zero-order valence-corrected chi connectivity index (χ0v) is 9.30. The molecule has 14 heavy (non-hydrogen) atoms. The van der Waals surface area contributed by atoms with Crippen molar-refractivity contribution in [1.29, 1.82) is 0 Å². The first-order valence-electron chi connectivity index (χ1n) is 6.20.